The Morgan fingerprint density at radius 2 is 1.78 bits per heavy atom. The predicted molar refractivity (Wildman–Crippen MR) is 105 cm³/mol. The Kier molecular flexibility index (Phi) is 4.96. The average molecular weight is 369 g/mol. The molecule has 3 heterocycles. The summed E-state index contributed by atoms with van der Waals surface area (Å²) in [5.41, 5.74) is 4.38. The number of allylic oxidation sites excluding steroid dienone is 1. The van der Waals surface area contributed by atoms with Gasteiger partial charge in [-0.05, 0) is 69.1 Å². The minimum Gasteiger partial charge on any atom is -0.506 e. The summed E-state index contributed by atoms with van der Waals surface area (Å²) in [6.45, 7) is 9.11. The van der Waals surface area contributed by atoms with E-state index in [0.717, 1.165) is 37.4 Å². The van der Waals surface area contributed by atoms with E-state index in [1.54, 1.807) is 0 Å². The van der Waals surface area contributed by atoms with Crippen LogP contribution in [0.4, 0.5) is 4.39 Å². The monoisotopic (exact) mass is 369 g/mol. The second-order valence-corrected chi connectivity index (χ2v) is 7.75. The standard InChI is InChI=1S/C22H28FN3O/c1-16(25-9-3-4-10-25)20-13-22(27)21-15-24(11-12-26(21)17(20)2)14-18-5-7-19(23)8-6-18/h5-8,13,15-16,27H,3-4,9-12,14H2,1-2H3. The van der Waals surface area contributed by atoms with Crippen molar-refractivity contribution in [2.24, 2.45) is 0 Å². The van der Waals surface area contributed by atoms with Gasteiger partial charge in [-0.2, -0.15) is 0 Å². The first kappa shape index (κ1) is 18.1. The maximum atomic E-state index is 13.1. The molecular weight excluding hydrogens is 341 g/mol. The molecule has 1 fully saturated rings. The van der Waals surface area contributed by atoms with Crippen molar-refractivity contribution in [1.82, 2.24) is 14.7 Å². The van der Waals surface area contributed by atoms with E-state index < -0.39 is 0 Å². The fraction of sp³-hybridized carbons (Fsp3) is 0.455. The Labute approximate surface area is 160 Å². The van der Waals surface area contributed by atoms with Gasteiger partial charge in [-0.25, -0.2) is 4.39 Å². The number of nitrogens with zero attached hydrogens (tertiary/aromatic N) is 3. The molecule has 0 bridgehead atoms. The van der Waals surface area contributed by atoms with Gasteiger partial charge in [0.25, 0.3) is 0 Å². The molecule has 4 nitrogen and oxygen atoms in total. The summed E-state index contributed by atoms with van der Waals surface area (Å²) < 4.78 is 13.1. The Balaban J connectivity index is 1.54. The van der Waals surface area contributed by atoms with Gasteiger partial charge in [0.2, 0.25) is 0 Å². The van der Waals surface area contributed by atoms with E-state index in [9.17, 15) is 9.50 Å². The minimum atomic E-state index is -0.213. The molecular formula is C22H28FN3O. The van der Waals surface area contributed by atoms with Gasteiger partial charge in [0.1, 0.15) is 11.6 Å². The van der Waals surface area contributed by atoms with E-state index in [1.165, 1.54) is 36.2 Å². The van der Waals surface area contributed by atoms with Crippen molar-refractivity contribution >= 4 is 0 Å². The van der Waals surface area contributed by atoms with Crippen molar-refractivity contribution in [2.45, 2.75) is 39.3 Å². The first-order chi connectivity index (χ1) is 13.0. The molecule has 0 aromatic heterocycles. The number of hydrogen-bond donors (Lipinski definition) is 1. The van der Waals surface area contributed by atoms with Gasteiger partial charge in [-0.15, -0.1) is 0 Å². The van der Waals surface area contributed by atoms with Gasteiger partial charge >= 0.3 is 0 Å². The first-order valence-corrected chi connectivity index (χ1v) is 9.86. The maximum absolute atomic E-state index is 13.1. The molecule has 1 N–H and O–H groups in total. The van der Waals surface area contributed by atoms with E-state index in [0.29, 0.717) is 18.3 Å². The van der Waals surface area contributed by atoms with Crippen LogP contribution in [0, 0.1) is 5.82 Å². The number of halogens is 1. The van der Waals surface area contributed by atoms with Crippen molar-refractivity contribution in [2.75, 3.05) is 26.2 Å². The Morgan fingerprint density at radius 3 is 2.48 bits per heavy atom. The number of aliphatic hydroxyl groups excluding tert-OH is 1. The Morgan fingerprint density at radius 1 is 1.07 bits per heavy atom. The van der Waals surface area contributed by atoms with E-state index in [2.05, 4.69) is 28.5 Å². The summed E-state index contributed by atoms with van der Waals surface area (Å²) in [5, 5.41) is 10.7. The topological polar surface area (TPSA) is 30.0 Å². The van der Waals surface area contributed by atoms with Crippen LogP contribution >= 0.6 is 0 Å². The Hall–Kier alpha value is -2.27. The predicted octanol–water partition coefficient (Wildman–Crippen LogP) is 4.00. The summed E-state index contributed by atoms with van der Waals surface area (Å²) in [4.78, 5) is 6.92. The van der Waals surface area contributed by atoms with Gasteiger partial charge in [0.05, 0.1) is 5.70 Å². The molecule has 0 aliphatic carbocycles. The van der Waals surface area contributed by atoms with Crippen molar-refractivity contribution in [3.05, 3.63) is 70.6 Å². The largest absolute Gasteiger partial charge is 0.506 e. The lowest BCUT2D eigenvalue weighted by atomic mass is 9.98. The van der Waals surface area contributed by atoms with E-state index in [-0.39, 0.29) is 5.82 Å². The van der Waals surface area contributed by atoms with E-state index >= 15 is 0 Å². The third kappa shape index (κ3) is 3.61. The van der Waals surface area contributed by atoms with Crippen LogP contribution in [0.5, 0.6) is 0 Å². The van der Waals surface area contributed by atoms with Crippen molar-refractivity contribution in [3.8, 4) is 0 Å². The maximum Gasteiger partial charge on any atom is 0.141 e. The van der Waals surface area contributed by atoms with Crippen LogP contribution < -0.4 is 0 Å². The highest BCUT2D eigenvalue weighted by Crippen LogP contribution is 2.34. The van der Waals surface area contributed by atoms with Crippen LogP contribution in [-0.4, -0.2) is 52.0 Å². The second kappa shape index (κ2) is 7.39. The molecule has 1 saturated heterocycles. The molecule has 1 aromatic carbocycles. The van der Waals surface area contributed by atoms with Gasteiger partial charge in [0.15, 0.2) is 0 Å². The van der Waals surface area contributed by atoms with Crippen molar-refractivity contribution in [3.63, 3.8) is 0 Å². The third-order valence-electron chi connectivity index (χ3n) is 6.02. The lowest BCUT2D eigenvalue weighted by molar-refractivity contribution is 0.237. The zero-order chi connectivity index (χ0) is 19.0. The molecule has 27 heavy (non-hydrogen) atoms. The highest BCUT2D eigenvalue weighted by atomic mass is 19.1. The van der Waals surface area contributed by atoms with Crippen molar-refractivity contribution < 1.29 is 9.50 Å². The summed E-state index contributed by atoms with van der Waals surface area (Å²) in [6, 6.07) is 6.95. The molecule has 5 heteroatoms. The number of fused-ring (bicyclic) bond motifs is 1. The molecule has 0 amide bonds. The molecule has 0 spiro atoms. The smallest absolute Gasteiger partial charge is 0.141 e. The fourth-order valence-electron chi connectivity index (χ4n) is 4.39. The molecule has 1 aromatic rings. The van der Waals surface area contributed by atoms with Crippen molar-refractivity contribution in [1.29, 1.82) is 0 Å². The number of likely N-dealkylation sites (tertiary alicyclic amines) is 1. The number of hydrogen-bond acceptors (Lipinski definition) is 4. The highest BCUT2D eigenvalue weighted by Gasteiger charge is 2.31. The molecule has 1 unspecified atom stereocenters. The quantitative estimate of drug-likeness (QED) is 0.869. The first-order valence-electron chi connectivity index (χ1n) is 9.86. The molecule has 3 aliphatic heterocycles. The Bertz CT molecular complexity index is 790. The molecule has 4 rings (SSSR count). The molecule has 0 radical (unpaired) electrons. The lowest BCUT2D eigenvalue weighted by Gasteiger charge is -2.41. The normalized spacial score (nSPS) is 21.9. The summed E-state index contributed by atoms with van der Waals surface area (Å²) >= 11 is 0. The SMILES string of the molecule is CC1=C(C(C)N2CCCC2)C=C(O)C2=CN(Cc3ccc(F)cc3)CCN21. The number of aliphatic hydroxyl groups is 1. The molecule has 3 aliphatic rings. The summed E-state index contributed by atoms with van der Waals surface area (Å²) in [5.74, 6) is 0.126. The molecule has 0 saturated carbocycles. The van der Waals surface area contributed by atoms with Gasteiger partial charge in [-0.1, -0.05) is 12.1 Å². The van der Waals surface area contributed by atoms with E-state index in [1.807, 2.05) is 24.4 Å². The van der Waals surface area contributed by atoms with Gasteiger partial charge in [-0.3, -0.25) is 4.90 Å². The van der Waals surface area contributed by atoms with Gasteiger partial charge < -0.3 is 14.9 Å². The zero-order valence-electron chi connectivity index (χ0n) is 16.2. The van der Waals surface area contributed by atoms with Crippen LogP contribution in [0.1, 0.15) is 32.3 Å². The van der Waals surface area contributed by atoms with Crippen LogP contribution in [0.2, 0.25) is 0 Å². The van der Waals surface area contributed by atoms with Crippen LogP contribution in [0.25, 0.3) is 0 Å². The summed E-state index contributed by atoms with van der Waals surface area (Å²) in [6.07, 6.45) is 6.50. The minimum absolute atomic E-state index is 0.213. The fourth-order valence-corrected chi connectivity index (χ4v) is 4.39. The summed E-state index contributed by atoms with van der Waals surface area (Å²) in [7, 11) is 0. The van der Waals surface area contributed by atoms with Crippen LogP contribution in [-0.2, 0) is 6.54 Å². The van der Waals surface area contributed by atoms with Crippen LogP contribution in [0.15, 0.2) is 59.3 Å². The number of rotatable bonds is 4. The second-order valence-electron chi connectivity index (χ2n) is 7.75. The highest BCUT2D eigenvalue weighted by molar-refractivity contribution is 5.44. The molecule has 144 valence electrons. The third-order valence-corrected chi connectivity index (χ3v) is 6.02. The lowest BCUT2D eigenvalue weighted by Crippen LogP contribution is -2.41. The van der Waals surface area contributed by atoms with Gasteiger partial charge in [0, 0.05) is 37.6 Å². The van der Waals surface area contributed by atoms with Crippen LogP contribution in [0.3, 0.4) is 0 Å². The zero-order valence-corrected chi connectivity index (χ0v) is 16.2. The average Bonchev–Trinajstić information content (AvgIpc) is 3.21. The number of benzene rings is 1. The van der Waals surface area contributed by atoms with E-state index in [4.69, 9.17) is 0 Å². The molecule has 1 atom stereocenters.